The molecule has 1 fully saturated rings. The van der Waals surface area contributed by atoms with Crippen molar-refractivity contribution in [3.63, 3.8) is 0 Å². The number of fused-ring (bicyclic) bond motifs is 1. The molecule has 4 aromatic rings. The Morgan fingerprint density at radius 2 is 1.83 bits per heavy atom. The first kappa shape index (κ1) is 17.7. The number of benzene rings is 1. The fourth-order valence-corrected chi connectivity index (χ4v) is 3.65. The molecule has 29 heavy (non-hydrogen) atoms. The average molecular weight is 390 g/mol. The van der Waals surface area contributed by atoms with Crippen molar-refractivity contribution in [2.24, 2.45) is 7.05 Å². The summed E-state index contributed by atoms with van der Waals surface area (Å²) in [6.45, 7) is 6.26. The van der Waals surface area contributed by atoms with Crippen LogP contribution >= 0.6 is 0 Å². The van der Waals surface area contributed by atoms with Crippen LogP contribution in [0.1, 0.15) is 11.5 Å². The van der Waals surface area contributed by atoms with E-state index in [0.717, 1.165) is 48.6 Å². The second kappa shape index (κ2) is 7.25. The highest BCUT2D eigenvalue weighted by molar-refractivity contribution is 5.86. The number of aromatic nitrogens is 6. The van der Waals surface area contributed by atoms with Crippen LogP contribution in [0.15, 0.2) is 41.3 Å². The van der Waals surface area contributed by atoms with Gasteiger partial charge < -0.3 is 9.42 Å². The standard InChI is InChI=1S/C20H22N8O/c1-14-3-5-15(6-4-14)18-24-17(29-25-18)12-27-7-9-28(10-8-27)20-16-11-23-26(2)19(16)21-13-22-20/h3-6,11,13H,7-10,12H2,1-2H3. The maximum Gasteiger partial charge on any atom is 0.241 e. The summed E-state index contributed by atoms with van der Waals surface area (Å²) in [6, 6.07) is 8.14. The molecule has 3 aromatic heterocycles. The van der Waals surface area contributed by atoms with Crippen molar-refractivity contribution in [1.29, 1.82) is 0 Å². The maximum absolute atomic E-state index is 5.48. The van der Waals surface area contributed by atoms with E-state index in [1.54, 1.807) is 11.0 Å². The van der Waals surface area contributed by atoms with Crippen molar-refractivity contribution in [3.05, 3.63) is 48.2 Å². The molecule has 5 rings (SSSR count). The Hall–Kier alpha value is -3.33. The molecular weight excluding hydrogens is 368 g/mol. The number of anilines is 1. The van der Waals surface area contributed by atoms with Crippen LogP contribution in [0.4, 0.5) is 5.82 Å². The van der Waals surface area contributed by atoms with Gasteiger partial charge in [0.25, 0.3) is 0 Å². The van der Waals surface area contributed by atoms with Crippen LogP contribution in [0.25, 0.3) is 22.4 Å². The smallest absolute Gasteiger partial charge is 0.241 e. The highest BCUT2D eigenvalue weighted by atomic mass is 16.5. The van der Waals surface area contributed by atoms with E-state index < -0.39 is 0 Å². The zero-order valence-electron chi connectivity index (χ0n) is 16.5. The summed E-state index contributed by atoms with van der Waals surface area (Å²) in [5.41, 5.74) is 3.04. The summed E-state index contributed by atoms with van der Waals surface area (Å²) < 4.78 is 7.25. The van der Waals surface area contributed by atoms with Crippen molar-refractivity contribution < 1.29 is 4.52 Å². The van der Waals surface area contributed by atoms with Gasteiger partial charge in [-0.1, -0.05) is 35.0 Å². The minimum Gasteiger partial charge on any atom is -0.353 e. The molecule has 0 spiro atoms. The number of hydrogen-bond donors (Lipinski definition) is 0. The van der Waals surface area contributed by atoms with Crippen molar-refractivity contribution in [1.82, 2.24) is 34.8 Å². The molecule has 0 N–H and O–H groups in total. The number of aryl methyl sites for hydroxylation is 2. The molecule has 0 bridgehead atoms. The predicted octanol–water partition coefficient (Wildman–Crippen LogP) is 2.04. The van der Waals surface area contributed by atoms with Crippen LogP contribution in [-0.4, -0.2) is 61.0 Å². The van der Waals surface area contributed by atoms with Gasteiger partial charge in [0.05, 0.1) is 18.1 Å². The summed E-state index contributed by atoms with van der Waals surface area (Å²) in [5, 5.41) is 9.42. The molecule has 1 saturated heterocycles. The molecule has 148 valence electrons. The molecular formula is C20H22N8O. The number of rotatable bonds is 4. The summed E-state index contributed by atoms with van der Waals surface area (Å²) in [4.78, 5) is 18.0. The predicted molar refractivity (Wildman–Crippen MR) is 108 cm³/mol. The van der Waals surface area contributed by atoms with Crippen molar-refractivity contribution in [2.45, 2.75) is 13.5 Å². The average Bonchev–Trinajstić information content (AvgIpc) is 3.36. The van der Waals surface area contributed by atoms with Gasteiger partial charge in [-0.2, -0.15) is 10.1 Å². The van der Waals surface area contributed by atoms with Crippen molar-refractivity contribution >= 4 is 16.9 Å². The molecule has 0 radical (unpaired) electrons. The fourth-order valence-electron chi connectivity index (χ4n) is 3.65. The van der Waals surface area contributed by atoms with Gasteiger partial charge in [0, 0.05) is 38.8 Å². The Morgan fingerprint density at radius 1 is 1.03 bits per heavy atom. The van der Waals surface area contributed by atoms with Crippen LogP contribution in [0.3, 0.4) is 0 Å². The van der Waals surface area contributed by atoms with E-state index in [1.807, 2.05) is 25.4 Å². The molecule has 0 amide bonds. The molecule has 1 aliphatic heterocycles. The van der Waals surface area contributed by atoms with Gasteiger partial charge in [0.1, 0.15) is 12.1 Å². The van der Waals surface area contributed by atoms with E-state index in [4.69, 9.17) is 4.52 Å². The maximum atomic E-state index is 5.48. The summed E-state index contributed by atoms with van der Waals surface area (Å²) in [5.74, 6) is 2.23. The number of hydrogen-bond acceptors (Lipinski definition) is 8. The fraction of sp³-hybridized carbons (Fsp3) is 0.350. The van der Waals surface area contributed by atoms with Gasteiger partial charge in [-0.15, -0.1) is 0 Å². The minimum absolute atomic E-state index is 0.638. The Balaban J connectivity index is 1.24. The molecule has 0 aliphatic carbocycles. The number of nitrogens with zero attached hydrogens (tertiary/aromatic N) is 8. The third-order valence-electron chi connectivity index (χ3n) is 5.32. The minimum atomic E-state index is 0.638. The van der Waals surface area contributed by atoms with Gasteiger partial charge in [-0.3, -0.25) is 9.58 Å². The highest BCUT2D eigenvalue weighted by Crippen LogP contribution is 2.23. The lowest BCUT2D eigenvalue weighted by atomic mass is 10.1. The Morgan fingerprint density at radius 3 is 2.62 bits per heavy atom. The zero-order chi connectivity index (χ0) is 19.8. The summed E-state index contributed by atoms with van der Waals surface area (Å²) >= 11 is 0. The van der Waals surface area contributed by atoms with Crippen LogP contribution in [0, 0.1) is 6.92 Å². The highest BCUT2D eigenvalue weighted by Gasteiger charge is 2.22. The van der Waals surface area contributed by atoms with E-state index in [2.05, 4.69) is 54.1 Å². The van der Waals surface area contributed by atoms with E-state index in [0.29, 0.717) is 18.3 Å². The molecule has 0 saturated carbocycles. The monoisotopic (exact) mass is 390 g/mol. The number of piperazine rings is 1. The molecule has 0 atom stereocenters. The van der Waals surface area contributed by atoms with Crippen LogP contribution < -0.4 is 4.90 Å². The van der Waals surface area contributed by atoms with Gasteiger partial charge in [0.2, 0.25) is 11.7 Å². The summed E-state index contributed by atoms with van der Waals surface area (Å²) in [7, 11) is 1.90. The first-order chi connectivity index (χ1) is 14.2. The lowest BCUT2D eigenvalue weighted by Gasteiger charge is -2.34. The van der Waals surface area contributed by atoms with E-state index in [1.165, 1.54) is 5.56 Å². The molecule has 9 nitrogen and oxygen atoms in total. The van der Waals surface area contributed by atoms with Gasteiger partial charge >= 0.3 is 0 Å². The van der Waals surface area contributed by atoms with Gasteiger partial charge in [0.15, 0.2) is 5.65 Å². The second-order valence-electron chi connectivity index (χ2n) is 7.34. The molecule has 4 heterocycles. The van der Waals surface area contributed by atoms with E-state index >= 15 is 0 Å². The topological polar surface area (TPSA) is 89.0 Å². The zero-order valence-corrected chi connectivity index (χ0v) is 16.5. The quantitative estimate of drug-likeness (QED) is 0.523. The second-order valence-corrected chi connectivity index (χ2v) is 7.34. The van der Waals surface area contributed by atoms with Crippen LogP contribution in [0.2, 0.25) is 0 Å². The van der Waals surface area contributed by atoms with Crippen molar-refractivity contribution in [2.75, 3.05) is 31.1 Å². The first-order valence-electron chi connectivity index (χ1n) is 9.67. The lowest BCUT2D eigenvalue weighted by Crippen LogP contribution is -2.46. The molecule has 9 heteroatoms. The Bertz CT molecular complexity index is 1130. The van der Waals surface area contributed by atoms with Crippen molar-refractivity contribution in [3.8, 4) is 11.4 Å². The summed E-state index contributed by atoms with van der Waals surface area (Å²) in [6.07, 6.45) is 3.44. The molecule has 1 aliphatic rings. The first-order valence-corrected chi connectivity index (χ1v) is 9.67. The van der Waals surface area contributed by atoms with Gasteiger partial charge in [-0.25, -0.2) is 9.97 Å². The lowest BCUT2D eigenvalue weighted by molar-refractivity contribution is 0.215. The Kier molecular flexibility index (Phi) is 4.44. The van der Waals surface area contributed by atoms with Crippen LogP contribution in [0.5, 0.6) is 0 Å². The Labute approximate surface area is 168 Å². The van der Waals surface area contributed by atoms with E-state index in [-0.39, 0.29) is 0 Å². The molecule has 1 aromatic carbocycles. The normalized spacial score (nSPS) is 15.3. The SMILES string of the molecule is Cc1ccc(-c2noc(CN3CCN(c4ncnc5c4cnn5C)CC3)n2)cc1. The van der Waals surface area contributed by atoms with Crippen LogP contribution in [-0.2, 0) is 13.6 Å². The third kappa shape index (κ3) is 3.44. The van der Waals surface area contributed by atoms with E-state index in [9.17, 15) is 0 Å². The largest absolute Gasteiger partial charge is 0.353 e. The third-order valence-corrected chi connectivity index (χ3v) is 5.32. The molecule has 0 unspecified atom stereocenters. The van der Waals surface area contributed by atoms with Gasteiger partial charge in [-0.05, 0) is 6.92 Å².